The van der Waals surface area contributed by atoms with Crippen molar-refractivity contribution in [1.29, 1.82) is 0 Å². The van der Waals surface area contributed by atoms with Gasteiger partial charge in [-0.2, -0.15) is 0 Å². The number of aryl methyl sites for hydroxylation is 1. The number of rotatable bonds is 7. The predicted octanol–water partition coefficient (Wildman–Crippen LogP) is 4.64. The Morgan fingerprint density at radius 2 is 1.93 bits per heavy atom. The van der Waals surface area contributed by atoms with Gasteiger partial charge in [-0.3, -0.25) is 9.69 Å². The zero-order valence-electron chi connectivity index (χ0n) is 16.1. The lowest BCUT2D eigenvalue weighted by molar-refractivity contribution is -0.145. The highest BCUT2D eigenvalue weighted by Gasteiger charge is 2.39. The Balaban J connectivity index is 1.81. The summed E-state index contributed by atoms with van der Waals surface area (Å²) in [4.78, 5) is 25.8. The number of hydrogen-bond acceptors (Lipinski definition) is 5. The normalized spacial score (nSPS) is 16.3. The number of thiocarbonyl (C=S) groups is 1. The van der Waals surface area contributed by atoms with E-state index < -0.39 is 12.0 Å². The molecule has 2 aromatic rings. The van der Waals surface area contributed by atoms with Gasteiger partial charge in [-0.25, -0.2) is 4.79 Å². The van der Waals surface area contributed by atoms with Crippen molar-refractivity contribution in [2.45, 2.75) is 32.9 Å². The molecule has 1 aliphatic heterocycles. The summed E-state index contributed by atoms with van der Waals surface area (Å²) in [6.45, 7) is 4.15. The standard InChI is InChI=1S/C22H21NO4S2/c1-3-17(21(25)26)23-20(24)19(29-22(23)28)12-16-6-4-5-7-18(16)27-13-15-10-8-14(2)9-11-15/h4-12,17H,3,13H2,1-2H3,(H,25,26)/b19-12-/t17-/m0/s1. The van der Waals surface area contributed by atoms with Gasteiger partial charge < -0.3 is 9.84 Å². The monoisotopic (exact) mass is 427 g/mol. The molecular weight excluding hydrogens is 406 g/mol. The van der Waals surface area contributed by atoms with E-state index in [2.05, 4.69) is 0 Å². The number of carbonyl (C=O) groups is 2. The van der Waals surface area contributed by atoms with Gasteiger partial charge in [0.2, 0.25) is 0 Å². The first-order chi connectivity index (χ1) is 13.9. The van der Waals surface area contributed by atoms with E-state index in [0.717, 1.165) is 22.9 Å². The second kappa shape index (κ2) is 9.24. The number of thioether (sulfide) groups is 1. The molecule has 7 heteroatoms. The molecule has 3 rings (SSSR count). The van der Waals surface area contributed by atoms with E-state index in [-0.39, 0.29) is 16.6 Å². The molecule has 29 heavy (non-hydrogen) atoms. The number of benzene rings is 2. The summed E-state index contributed by atoms with van der Waals surface area (Å²) in [5, 5.41) is 9.38. The zero-order chi connectivity index (χ0) is 21.0. The summed E-state index contributed by atoms with van der Waals surface area (Å²) in [5.74, 6) is -0.807. The number of carboxylic acids is 1. The molecule has 1 aliphatic rings. The maximum atomic E-state index is 12.8. The molecule has 1 heterocycles. The van der Waals surface area contributed by atoms with Crippen LogP contribution in [0.15, 0.2) is 53.4 Å². The molecule has 150 valence electrons. The third-order valence-corrected chi connectivity index (χ3v) is 5.86. The molecule has 1 atom stereocenters. The summed E-state index contributed by atoms with van der Waals surface area (Å²) in [5.41, 5.74) is 2.97. The second-order valence-corrected chi connectivity index (χ2v) is 8.30. The Morgan fingerprint density at radius 3 is 2.59 bits per heavy atom. The molecule has 1 N–H and O–H groups in total. The Morgan fingerprint density at radius 1 is 1.24 bits per heavy atom. The van der Waals surface area contributed by atoms with Crippen LogP contribution in [0.4, 0.5) is 0 Å². The van der Waals surface area contributed by atoms with Crippen molar-refractivity contribution in [3.05, 3.63) is 70.1 Å². The van der Waals surface area contributed by atoms with Crippen molar-refractivity contribution in [3.63, 3.8) is 0 Å². The third kappa shape index (κ3) is 4.86. The minimum absolute atomic E-state index is 0.258. The average Bonchev–Trinajstić information content (AvgIpc) is 2.97. The molecular formula is C22H21NO4S2. The first kappa shape index (κ1) is 21.1. The van der Waals surface area contributed by atoms with Gasteiger partial charge in [-0.1, -0.05) is 78.9 Å². The number of carbonyl (C=O) groups excluding carboxylic acids is 1. The van der Waals surface area contributed by atoms with Gasteiger partial charge in [0, 0.05) is 5.56 Å². The highest BCUT2D eigenvalue weighted by Crippen LogP contribution is 2.36. The van der Waals surface area contributed by atoms with Gasteiger partial charge in [0.25, 0.3) is 5.91 Å². The summed E-state index contributed by atoms with van der Waals surface area (Å²) < 4.78 is 6.22. The second-order valence-electron chi connectivity index (χ2n) is 6.63. The molecule has 0 aromatic heterocycles. The molecule has 1 amide bonds. The lowest BCUT2D eigenvalue weighted by atomic mass is 10.1. The number of ether oxygens (including phenoxy) is 1. The summed E-state index contributed by atoms with van der Waals surface area (Å²) in [7, 11) is 0. The number of hydrogen-bond donors (Lipinski definition) is 1. The molecule has 0 aliphatic carbocycles. The highest BCUT2D eigenvalue weighted by molar-refractivity contribution is 8.26. The van der Waals surface area contributed by atoms with E-state index >= 15 is 0 Å². The van der Waals surface area contributed by atoms with Crippen molar-refractivity contribution < 1.29 is 19.4 Å². The number of aliphatic carboxylic acids is 1. The highest BCUT2D eigenvalue weighted by atomic mass is 32.2. The van der Waals surface area contributed by atoms with Crippen LogP contribution in [0.25, 0.3) is 6.08 Å². The molecule has 1 saturated heterocycles. The van der Waals surface area contributed by atoms with Crippen molar-refractivity contribution >= 4 is 46.3 Å². The van der Waals surface area contributed by atoms with Crippen molar-refractivity contribution in [1.82, 2.24) is 4.90 Å². The van der Waals surface area contributed by atoms with Gasteiger partial charge in [-0.05, 0) is 31.1 Å². The van der Waals surface area contributed by atoms with E-state index in [1.54, 1.807) is 13.0 Å². The smallest absolute Gasteiger partial charge is 0.326 e. The summed E-state index contributed by atoms with van der Waals surface area (Å²) in [6, 6.07) is 14.5. The van der Waals surface area contributed by atoms with E-state index in [1.165, 1.54) is 10.5 Å². The summed E-state index contributed by atoms with van der Waals surface area (Å²) in [6.07, 6.45) is 1.99. The number of amides is 1. The molecule has 2 aromatic carbocycles. The molecule has 0 radical (unpaired) electrons. The van der Waals surface area contributed by atoms with Gasteiger partial charge in [0.1, 0.15) is 22.7 Å². The van der Waals surface area contributed by atoms with E-state index in [4.69, 9.17) is 17.0 Å². The van der Waals surface area contributed by atoms with Gasteiger partial charge in [0.15, 0.2) is 0 Å². The fraction of sp³-hybridized carbons (Fsp3) is 0.227. The minimum Gasteiger partial charge on any atom is -0.488 e. The Labute approximate surface area is 179 Å². The van der Waals surface area contributed by atoms with Crippen LogP contribution in [-0.4, -0.2) is 32.2 Å². The van der Waals surface area contributed by atoms with Gasteiger partial charge >= 0.3 is 5.97 Å². The molecule has 0 spiro atoms. The fourth-order valence-electron chi connectivity index (χ4n) is 2.93. The quantitative estimate of drug-likeness (QED) is 0.513. The zero-order valence-corrected chi connectivity index (χ0v) is 17.8. The Hall–Kier alpha value is -2.64. The first-order valence-electron chi connectivity index (χ1n) is 9.18. The Bertz CT molecular complexity index is 969. The van der Waals surface area contributed by atoms with Crippen LogP contribution in [0.5, 0.6) is 5.75 Å². The van der Waals surface area contributed by atoms with Crippen molar-refractivity contribution in [2.24, 2.45) is 0 Å². The maximum absolute atomic E-state index is 12.8. The van der Waals surface area contributed by atoms with E-state index in [0.29, 0.717) is 17.3 Å². The lowest BCUT2D eigenvalue weighted by Gasteiger charge is -2.21. The lowest BCUT2D eigenvalue weighted by Crippen LogP contribution is -2.43. The molecule has 5 nitrogen and oxygen atoms in total. The number of nitrogens with zero attached hydrogens (tertiary/aromatic N) is 1. The van der Waals surface area contributed by atoms with Crippen LogP contribution in [0, 0.1) is 6.92 Å². The van der Waals surface area contributed by atoms with Gasteiger partial charge in [-0.15, -0.1) is 0 Å². The largest absolute Gasteiger partial charge is 0.488 e. The fourth-order valence-corrected chi connectivity index (χ4v) is 4.28. The first-order valence-corrected chi connectivity index (χ1v) is 10.4. The van der Waals surface area contributed by atoms with Gasteiger partial charge in [0.05, 0.1) is 4.91 Å². The van der Waals surface area contributed by atoms with Crippen molar-refractivity contribution in [2.75, 3.05) is 0 Å². The number of para-hydroxylation sites is 1. The van der Waals surface area contributed by atoms with Crippen LogP contribution in [-0.2, 0) is 16.2 Å². The van der Waals surface area contributed by atoms with Crippen LogP contribution < -0.4 is 4.74 Å². The predicted molar refractivity (Wildman–Crippen MR) is 119 cm³/mol. The molecule has 0 saturated carbocycles. The van der Waals surface area contributed by atoms with Crippen LogP contribution in [0.1, 0.15) is 30.0 Å². The van der Waals surface area contributed by atoms with Crippen LogP contribution in [0.2, 0.25) is 0 Å². The van der Waals surface area contributed by atoms with Crippen LogP contribution in [0.3, 0.4) is 0 Å². The van der Waals surface area contributed by atoms with E-state index in [9.17, 15) is 14.7 Å². The molecule has 0 unspecified atom stereocenters. The Kier molecular flexibility index (Phi) is 6.71. The minimum atomic E-state index is -1.06. The molecule has 1 fully saturated rings. The number of carboxylic acid groups (broad SMARTS) is 1. The third-order valence-electron chi connectivity index (χ3n) is 4.53. The average molecular weight is 428 g/mol. The molecule has 0 bridgehead atoms. The van der Waals surface area contributed by atoms with Crippen molar-refractivity contribution in [3.8, 4) is 5.75 Å². The maximum Gasteiger partial charge on any atom is 0.326 e. The topological polar surface area (TPSA) is 66.8 Å². The summed E-state index contributed by atoms with van der Waals surface area (Å²) >= 11 is 6.38. The SMILES string of the molecule is CC[C@@H](C(=O)O)N1C(=O)/C(=C/c2ccccc2OCc2ccc(C)cc2)SC1=S. The van der Waals surface area contributed by atoms with Crippen LogP contribution >= 0.6 is 24.0 Å². The van der Waals surface area contributed by atoms with E-state index in [1.807, 2.05) is 55.5 Å².